The van der Waals surface area contributed by atoms with Gasteiger partial charge in [0.15, 0.2) is 0 Å². The molecule has 2 aromatic carbocycles. The summed E-state index contributed by atoms with van der Waals surface area (Å²) in [6.07, 6.45) is 7.18. The minimum atomic E-state index is -0.725. The molecule has 198 valence electrons. The molecule has 1 N–H and O–H groups in total. The summed E-state index contributed by atoms with van der Waals surface area (Å²) in [6, 6.07) is 12.5. The number of thioether (sulfide) groups is 1. The molecule has 1 aliphatic rings. The highest BCUT2D eigenvalue weighted by atomic mass is 35.5. The number of ether oxygens (including phenoxy) is 1. The van der Waals surface area contributed by atoms with Crippen LogP contribution >= 0.6 is 23.4 Å². The Balaban J connectivity index is 1.31. The molecule has 0 radical (unpaired) electrons. The van der Waals surface area contributed by atoms with E-state index in [0.717, 1.165) is 91.0 Å². The van der Waals surface area contributed by atoms with Gasteiger partial charge < -0.3 is 14.7 Å². The fourth-order valence-corrected chi connectivity index (χ4v) is 6.47. The van der Waals surface area contributed by atoms with Crippen molar-refractivity contribution in [2.45, 2.75) is 49.8 Å². The van der Waals surface area contributed by atoms with Gasteiger partial charge >= 0.3 is 5.97 Å². The van der Waals surface area contributed by atoms with Crippen molar-refractivity contribution >= 4 is 40.2 Å². The van der Waals surface area contributed by atoms with Crippen molar-refractivity contribution in [3.63, 3.8) is 0 Å². The second-order valence-corrected chi connectivity index (χ2v) is 11.5. The van der Waals surface area contributed by atoms with Gasteiger partial charge in [0.25, 0.3) is 0 Å². The Labute approximate surface area is 227 Å². The van der Waals surface area contributed by atoms with E-state index in [2.05, 4.69) is 9.88 Å². The fraction of sp³-hybridized carbons (Fsp3) is 0.448. The molecule has 1 saturated heterocycles. The van der Waals surface area contributed by atoms with E-state index in [1.54, 1.807) is 37.2 Å². The predicted molar refractivity (Wildman–Crippen MR) is 148 cm³/mol. The van der Waals surface area contributed by atoms with E-state index < -0.39 is 5.97 Å². The minimum absolute atomic E-state index is 0.189. The van der Waals surface area contributed by atoms with Gasteiger partial charge in [-0.15, -0.1) is 11.8 Å². The standard InChI is InChI=1S/C29H34ClFN2O3S/c1-36-22-8-9-27-25(18-22)24(26(30)20-32-27)7-3-10-29(19-28(34)35)11-14-33(15-12-29)13-4-16-37-23-6-2-5-21(31)17-23/h2,5-6,8-9,17-18,20H,3-4,7,10-16,19H2,1H3,(H,34,35). The zero-order valence-electron chi connectivity index (χ0n) is 21.2. The fourth-order valence-electron chi connectivity index (χ4n) is 5.35. The van der Waals surface area contributed by atoms with Gasteiger partial charge in [0, 0.05) is 16.5 Å². The van der Waals surface area contributed by atoms with Gasteiger partial charge in [-0.05, 0) is 111 Å². The number of carbonyl (C=O) groups is 1. The normalized spacial score (nSPS) is 15.6. The number of aliphatic carboxylic acids is 1. The van der Waals surface area contributed by atoms with Crippen LogP contribution in [0.2, 0.25) is 5.02 Å². The maximum atomic E-state index is 13.4. The SMILES string of the molecule is COc1ccc2ncc(Cl)c(CCCC3(CC(=O)O)CCN(CCCSc4cccc(F)c4)CC3)c2c1. The molecule has 37 heavy (non-hydrogen) atoms. The number of hydrogen-bond acceptors (Lipinski definition) is 5. The number of carboxylic acid groups (broad SMARTS) is 1. The lowest BCUT2D eigenvalue weighted by molar-refractivity contribution is -0.140. The van der Waals surface area contributed by atoms with Crippen LogP contribution < -0.4 is 4.74 Å². The molecule has 2 heterocycles. The molecule has 0 aliphatic carbocycles. The average molecular weight is 545 g/mol. The average Bonchev–Trinajstić information content (AvgIpc) is 2.88. The summed E-state index contributed by atoms with van der Waals surface area (Å²) in [6.45, 7) is 2.80. The van der Waals surface area contributed by atoms with Crippen LogP contribution in [0.1, 0.15) is 44.1 Å². The molecule has 8 heteroatoms. The number of likely N-dealkylation sites (tertiary alicyclic amines) is 1. The lowest BCUT2D eigenvalue weighted by Gasteiger charge is -2.41. The van der Waals surface area contributed by atoms with E-state index in [4.69, 9.17) is 16.3 Å². The molecular weight excluding hydrogens is 511 g/mol. The first-order valence-corrected chi connectivity index (χ1v) is 14.2. The molecule has 0 spiro atoms. The topological polar surface area (TPSA) is 62.7 Å². The van der Waals surface area contributed by atoms with E-state index >= 15 is 0 Å². The summed E-state index contributed by atoms with van der Waals surface area (Å²) >= 11 is 8.22. The first-order valence-electron chi connectivity index (χ1n) is 12.8. The number of hydrogen-bond donors (Lipinski definition) is 1. The molecule has 3 aromatic rings. The van der Waals surface area contributed by atoms with Crippen LogP contribution in [0.25, 0.3) is 10.9 Å². The quantitative estimate of drug-likeness (QED) is 0.194. The summed E-state index contributed by atoms with van der Waals surface area (Å²) in [5.74, 6) is 0.778. The summed E-state index contributed by atoms with van der Waals surface area (Å²) in [5, 5.41) is 11.3. The predicted octanol–water partition coefficient (Wildman–Crippen LogP) is 7.10. The highest BCUT2D eigenvalue weighted by Crippen LogP contribution is 2.41. The number of benzene rings is 2. The van der Waals surface area contributed by atoms with Gasteiger partial charge in [-0.2, -0.15) is 0 Å². The van der Waals surface area contributed by atoms with Crippen LogP contribution in [-0.2, 0) is 11.2 Å². The Morgan fingerprint density at radius 1 is 1.22 bits per heavy atom. The molecule has 0 saturated carbocycles. The van der Waals surface area contributed by atoms with Gasteiger partial charge in [-0.3, -0.25) is 9.78 Å². The summed E-state index contributed by atoms with van der Waals surface area (Å²) < 4.78 is 18.7. The highest BCUT2D eigenvalue weighted by Gasteiger charge is 2.36. The van der Waals surface area contributed by atoms with Crippen LogP contribution in [0.3, 0.4) is 0 Å². The lowest BCUT2D eigenvalue weighted by atomic mass is 9.72. The lowest BCUT2D eigenvalue weighted by Crippen LogP contribution is -2.41. The van der Waals surface area contributed by atoms with Crippen molar-refractivity contribution in [1.82, 2.24) is 9.88 Å². The molecule has 1 fully saturated rings. The van der Waals surface area contributed by atoms with Crippen molar-refractivity contribution in [2.75, 3.05) is 32.5 Å². The van der Waals surface area contributed by atoms with E-state index in [9.17, 15) is 14.3 Å². The number of rotatable bonds is 12. The van der Waals surface area contributed by atoms with E-state index in [1.165, 1.54) is 6.07 Å². The third-order valence-electron chi connectivity index (χ3n) is 7.39. The van der Waals surface area contributed by atoms with Gasteiger partial charge in [0.1, 0.15) is 11.6 Å². The molecule has 4 rings (SSSR count). The van der Waals surface area contributed by atoms with E-state index in [-0.39, 0.29) is 17.7 Å². The molecule has 5 nitrogen and oxygen atoms in total. The second kappa shape index (κ2) is 12.9. The molecule has 0 unspecified atom stereocenters. The number of halogens is 2. The Kier molecular flexibility index (Phi) is 9.68. The Bertz CT molecular complexity index is 1220. The number of aromatic nitrogens is 1. The van der Waals surface area contributed by atoms with Crippen molar-refractivity contribution in [3.8, 4) is 5.75 Å². The largest absolute Gasteiger partial charge is 0.497 e. The molecule has 0 amide bonds. The molecule has 1 aromatic heterocycles. The molecule has 0 bridgehead atoms. The van der Waals surface area contributed by atoms with Crippen LogP contribution in [0.4, 0.5) is 4.39 Å². The monoisotopic (exact) mass is 544 g/mol. The number of carboxylic acids is 1. The summed E-state index contributed by atoms with van der Waals surface area (Å²) in [7, 11) is 1.64. The third kappa shape index (κ3) is 7.59. The van der Waals surface area contributed by atoms with Crippen LogP contribution in [-0.4, -0.2) is 53.5 Å². The number of aryl methyl sites for hydroxylation is 1. The van der Waals surface area contributed by atoms with Crippen LogP contribution in [0.15, 0.2) is 53.6 Å². The van der Waals surface area contributed by atoms with Crippen molar-refractivity contribution in [2.24, 2.45) is 5.41 Å². The summed E-state index contributed by atoms with van der Waals surface area (Å²) in [4.78, 5) is 19.6. The molecule has 0 atom stereocenters. The Morgan fingerprint density at radius 2 is 2.03 bits per heavy atom. The van der Waals surface area contributed by atoms with E-state index in [0.29, 0.717) is 5.02 Å². The zero-order valence-corrected chi connectivity index (χ0v) is 22.8. The van der Waals surface area contributed by atoms with Gasteiger partial charge in [-0.25, -0.2) is 4.39 Å². The number of pyridine rings is 1. The third-order valence-corrected chi connectivity index (χ3v) is 8.80. The van der Waals surface area contributed by atoms with Crippen molar-refractivity contribution < 1.29 is 19.0 Å². The number of methoxy groups -OCH3 is 1. The highest BCUT2D eigenvalue weighted by molar-refractivity contribution is 7.99. The first kappa shape index (κ1) is 27.7. The minimum Gasteiger partial charge on any atom is -0.497 e. The maximum Gasteiger partial charge on any atom is 0.303 e. The van der Waals surface area contributed by atoms with Crippen molar-refractivity contribution in [1.29, 1.82) is 0 Å². The maximum absolute atomic E-state index is 13.4. The second-order valence-electron chi connectivity index (χ2n) is 9.89. The molecule has 1 aliphatic heterocycles. The van der Waals surface area contributed by atoms with E-state index in [1.807, 2.05) is 24.3 Å². The van der Waals surface area contributed by atoms with Gasteiger partial charge in [0.05, 0.1) is 24.1 Å². The first-order chi connectivity index (χ1) is 17.9. The Morgan fingerprint density at radius 3 is 2.76 bits per heavy atom. The zero-order chi connectivity index (χ0) is 26.3. The van der Waals surface area contributed by atoms with Crippen molar-refractivity contribution in [3.05, 3.63) is 65.1 Å². The van der Waals surface area contributed by atoms with Gasteiger partial charge in [-0.1, -0.05) is 17.7 Å². The number of piperidine rings is 1. The smallest absolute Gasteiger partial charge is 0.303 e. The number of nitrogens with zero attached hydrogens (tertiary/aromatic N) is 2. The number of fused-ring (bicyclic) bond motifs is 1. The van der Waals surface area contributed by atoms with Crippen LogP contribution in [0.5, 0.6) is 5.75 Å². The van der Waals surface area contributed by atoms with Gasteiger partial charge in [0.2, 0.25) is 0 Å². The Hall–Kier alpha value is -2.35. The van der Waals surface area contributed by atoms with Crippen LogP contribution in [0, 0.1) is 11.2 Å². The molecular formula is C29H34ClFN2O3S. The summed E-state index contributed by atoms with van der Waals surface area (Å²) in [5.41, 5.74) is 1.74.